The van der Waals surface area contributed by atoms with Crippen LogP contribution in [0.1, 0.15) is 12.5 Å². The van der Waals surface area contributed by atoms with Gasteiger partial charge in [0.2, 0.25) is 0 Å². The summed E-state index contributed by atoms with van der Waals surface area (Å²) in [5.74, 6) is 1.78. The smallest absolute Gasteiger partial charge is 0.119 e. The van der Waals surface area contributed by atoms with Crippen molar-refractivity contribution in [1.82, 2.24) is 0 Å². The van der Waals surface area contributed by atoms with Gasteiger partial charge in [0.1, 0.15) is 5.75 Å². The van der Waals surface area contributed by atoms with Gasteiger partial charge < -0.3 is 10.5 Å². The van der Waals surface area contributed by atoms with E-state index in [-0.39, 0.29) is 0 Å². The van der Waals surface area contributed by atoms with Gasteiger partial charge in [-0.15, -0.1) is 11.8 Å². The van der Waals surface area contributed by atoms with Crippen LogP contribution in [0.2, 0.25) is 5.02 Å². The number of nitrogen functional groups attached to an aromatic ring is 1. The Labute approximate surface area is 122 Å². The quantitative estimate of drug-likeness (QED) is 0.646. The summed E-state index contributed by atoms with van der Waals surface area (Å²) in [5, 5.41) is 0.669. The third-order valence-corrected chi connectivity index (χ3v) is 4.00. The van der Waals surface area contributed by atoms with E-state index in [0.29, 0.717) is 11.6 Å². The van der Waals surface area contributed by atoms with Crippen molar-refractivity contribution in [3.8, 4) is 5.75 Å². The van der Waals surface area contributed by atoms with Gasteiger partial charge in [0.25, 0.3) is 0 Å². The fourth-order valence-electron chi connectivity index (χ4n) is 1.66. The monoisotopic (exact) mass is 293 g/mol. The highest BCUT2D eigenvalue weighted by atomic mass is 35.5. The van der Waals surface area contributed by atoms with Gasteiger partial charge >= 0.3 is 0 Å². The van der Waals surface area contributed by atoms with E-state index in [9.17, 15) is 0 Å². The molecule has 0 radical (unpaired) electrons. The Morgan fingerprint density at radius 2 is 1.89 bits per heavy atom. The van der Waals surface area contributed by atoms with Crippen LogP contribution in [-0.4, -0.2) is 6.61 Å². The first kappa shape index (κ1) is 14.1. The van der Waals surface area contributed by atoms with Gasteiger partial charge in [0.05, 0.1) is 6.61 Å². The van der Waals surface area contributed by atoms with Crippen LogP contribution in [0.4, 0.5) is 5.69 Å². The molecule has 2 aromatic carbocycles. The van der Waals surface area contributed by atoms with Crippen LogP contribution >= 0.6 is 23.4 Å². The molecule has 0 saturated carbocycles. The van der Waals surface area contributed by atoms with E-state index in [1.54, 1.807) is 17.8 Å². The summed E-state index contributed by atoms with van der Waals surface area (Å²) in [6, 6.07) is 13.7. The molecule has 19 heavy (non-hydrogen) atoms. The fraction of sp³-hybridized carbons (Fsp3) is 0.200. The molecule has 0 aromatic heterocycles. The van der Waals surface area contributed by atoms with Gasteiger partial charge in [0.15, 0.2) is 0 Å². The fourth-order valence-corrected chi connectivity index (χ4v) is 2.75. The highest BCUT2D eigenvalue weighted by Gasteiger charge is 2.02. The highest BCUT2D eigenvalue weighted by Crippen LogP contribution is 2.30. The molecule has 0 fully saturated rings. The predicted molar refractivity (Wildman–Crippen MR) is 83.0 cm³/mol. The number of thioether (sulfide) groups is 1. The molecule has 0 amide bonds. The van der Waals surface area contributed by atoms with Crippen LogP contribution in [0.3, 0.4) is 0 Å². The number of nitrogens with two attached hydrogens (primary N) is 1. The molecule has 100 valence electrons. The normalized spacial score (nSPS) is 10.4. The summed E-state index contributed by atoms with van der Waals surface area (Å²) < 4.78 is 5.41. The number of benzene rings is 2. The van der Waals surface area contributed by atoms with Crippen LogP contribution in [-0.2, 0) is 5.75 Å². The van der Waals surface area contributed by atoms with Crippen molar-refractivity contribution in [2.45, 2.75) is 17.6 Å². The molecule has 0 saturated heterocycles. The van der Waals surface area contributed by atoms with Gasteiger partial charge in [-0.2, -0.15) is 0 Å². The van der Waals surface area contributed by atoms with Gasteiger partial charge in [-0.1, -0.05) is 23.7 Å². The van der Waals surface area contributed by atoms with Crippen molar-refractivity contribution in [2.75, 3.05) is 12.3 Å². The van der Waals surface area contributed by atoms with E-state index in [1.807, 2.05) is 31.2 Å². The summed E-state index contributed by atoms with van der Waals surface area (Å²) in [5.41, 5.74) is 7.89. The van der Waals surface area contributed by atoms with Gasteiger partial charge in [-0.3, -0.25) is 0 Å². The Kier molecular flexibility index (Phi) is 5.00. The molecule has 2 nitrogen and oxygen atoms in total. The van der Waals surface area contributed by atoms with Crippen LogP contribution < -0.4 is 10.5 Å². The number of halogens is 1. The minimum absolute atomic E-state index is 0.669. The summed E-state index contributed by atoms with van der Waals surface area (Å²) in [4.78, 5) is 1.05. The molecule has 0 spiro atoms. The largest absolute Gasteiger partial charge is 0.494 e. The SMILES string of the molecule is CCOc1ccc(CSc2ccc(Cl)cc2N)cc1. The molecule has 0 bridgehead atoms. The van der Waals surface area contributed by atoms with E-state index in [2.05, 4.69) is 12.1 Å². The van der Waals surface area contributed by atoms with E-state index in [1.165, 1.54) is 5.56 Å². The van der Waals surface area contributed by atoms with E-state index in [0.717, 1.165) is 22.1 Å². The van der Waals surface area contributed by atoms with E-state index < -0.39 is 0 Å². The van der Waals surface area contributed by atoms with Crippen molar-refractivity contribution < 1.29 is 4.74 Å². The molecule has 2 N–H and O–H groups in total. The molecule has 2 rings (SSSR count). The van der Waals surface area contributed by atoms with E-state index in [4.69, 9.17) is 22.1 Å². The zero-order valence-corrected chi connectivity index (χ0v) is 12.3. The molecular formula is C15H16ClNOS. The van der Waals surface area contributed by atoms with Crippen LogP contribution in [0.25, 0.3) is 0 Å². The maximum absolute atomic E-state index is 5.92. The average molecular weight is 294 g/mol. The maximum Gasteiger partial charge on any atom is 0.119 e. The van der Waals surface area contributed by atoms with Crippen LogP contribution in [0.5, 0.6) is 5.75 Å². The number of ether oxygens (including phenoxy) is 1. The summed E-state index contributed by atoms with van der Waals surface area (Å²) in [6.45, 7) is 2.67. The molecule has 4 heteroatoms. The first-order valence-electron chi connectivity index (χ1n) is 6.08. The zero-order chi connectivity index (χ0) is 13.7. The molecule has 2 aromatic rings. The minimum atomic E-state index is 0.669. The third-order valence-electron chi connectivity index (χ3n) is 2.60. The topological polar surface area (TPSA) is 35.2 Å². The lowest BCUT2D eigenvalue weighted by atomic mass is 10.2. The van der Waals surface area contributed by atoms with Crippen molar-refractivity contribution in [3.63, 3.8) is 0 Å². The first-order chi connectivity index (χ1) is 9.19. The molecule has 0 heterocycles. The third kappa shape index (κ3) is 4.08. The highest BCUT2D eigenvalue weighted by molar-refractivity contribution is 7.98. The lowest BCUT2D eigenvalue weighted by Gasteiger charge is -2.07. The van der Waals surface area contributed by atoms with Crippen molar-refractivity contribution in [3.05, 3.63) is 53.1 Å². The van der Waals surface area contributed by atoms with Crippen LogP contribution in [0, 0.1) is 0 Å². The summed E-state index contributed by atoms with van der Waals surface area (Å²) in [7, 11) is 0. The molecule has 0 atom stereocenters. The predicted octanol–water partition coefficient (Wildman–Crippen LogP) is 4.61. The molecule has 0 aliphatic rings. The van der Waals surface area contributed by atoms with Gasteiger partial charge in [-0.25, -0.2) is 0 Å². The van der Waals surface area contributed by atoms with E-state index >= 15 is 0 Å². The Hall–Kier alpha value is -1.32. The Bertz CT molecular complexity index is 542. The molecule has 0 aliphatic carbocycles. The second-order valence-electron chi connectivity index (χ2n) is 4.05. The van der Waals surface area contributed by atoms with Crippen molar-refractivity contribution >= 4 is 29.1 Å². The first-order valence-corrected chi connectivity index (χ1v) is 7.45. The minimum Gasteiger partial charge on any atom is -0.494 e. The molecule has 0 aliphatic heterocycles. The molecular weight excluding hydrogens is 278 g/mol. The van der Waals surface area contributed by atoms with Gasteiger partial charge in [0, 0.05) is 21.4 Å². The van der Waals surface area contributed by atoms with Crippen molar-refractivity contribution in [2.24, 2.45) is 0 Å². The lowest BCUT2D eigenvalue weighted by Crippen LogP contribution is -1.91. The Morgan fingerprint density at radius 3 is 2.53 bits per heavy atom. The standard InChI is InChI=1S/C15H16ClNOS/c1-2-18-13-6-3-11(4-7-13)10-19-15-8-5-12(16)9-14(15)17/h3-9H,2,10,17H2,1H3. The maximum atomic E-state index is 5.92. The lowest BCUT2D eigenvalue weighted by molar-refractivity contribution is 0.340. The Balaban J connectivity index is 1.98. The number of anilines is 1. The summed E-state index contributed by atoms with van der Waals surface area (Å²) in [6.07, 6.45) is 0. The second-order valence-corrected chi connectivity index (χ2v) is 5.50. The Morgan fingerprint density at radius 1 is 1.16 bits per heavy atom. The summed E-state index contributed by atoms with van der Waals surface area (Å²) >= 11 is 7.58. The average Bonchev–Trinajstić information content (AvgIpc) is 2.40. The number of hydrogen-bond donors (Lipinski definition) is 1. The molecule has 0 unspecified atom stereocenters. The van der Waals surface area contributed by atoms with Gasteiger partial charge in [-0.05, 0) is 42.8 Å². The number of hydrogen-bond acceptors (Lipinski definition) is 3. The second kappa shape index (κ2) is 6.73. The van der Waals surface area contributed by atoms with Crippen LogP contribution in [0.15, 0.2) is 47.4 Å². The van der Waals surface area contributed by atoms with Crippen molar-refractivity contribution in [1.29, 1.82) is 0 Å². The number of rotatable bonds is 5. The zero-order valence-electron chi connectivity index (χ0n) is 10.7.